The van der Waals surface area contributed by atoms with Gasteiger partial charge in [0, 0.05) is 16.8 Å². The summed E-state index contributed by atoms with van der Waals surface area (Å²) in [5.74, 6) is 0. The van der Waals surface area contributed by atoms with Crippen LogP contribution in [-0.4, -0.2) is 6.67 Å². The first-order valence-corrected chi connectivity index (χ1v) is 12.9. The summed E-state index contributed by atoms with van der Waals surface area (Å²) in [7, 11) is 0. The van der Waals surface area contributed by atoms with E-state index in [0.29, 0.717) is 0 Å². The van der Waals surface area contributed by atoms with Crippen molar-refractivity contribution in [3.63, 3.8) is 0 Å². The van der Waals surface area contributed by atoms with E-state index in [9.17, 15) is 0 Å². The largest absolute Gasteiger partial charge is 0.321 e. The van der Waals surface area contributed by atoms with Crippen LogP contribution in [0.2, 0.25) is 0 Å². The number of hydrogen-bond acceptors (Lipinski definition) is 2. The van der Waals surface area contributed by atoms with Gasteiger partial charge in [-0.2, -0.15) is 0 Å². The van der Waals surface area contributed by atoms with Gasteiger partial charge in [-0.15, -0.1) is 0 Å². The van der Waals surface area contributed by atoms with Gasteiger partial charge in [-0.05, 0) is 95.2 Å². The summed E-state index contributed by atoms with van der Waals surface area (Å²) >= 11 is 0. The first-order chi connectivity index (χ1) is 15.9. The van der Waals surface area contributed by atoms with Crippen molar-refractivity contribution in [2.45, 2.75) is 84.5 Å². The van der Waals surface area contributed by atoms with Crippen molar-refractivity contribution in [3.05, 3.63) is 81.9 Å². The Balaban J connectivity index is 1.60. The zero-order chi connectivity index (χ0) is 24.2. The van der Waals surface area contributed by atoms with Crippen molar-refractivity contribution in [1.82, 2.24) is 0 Å². The Morgan fingerprint density at radius 1 is 0.618 bits per heavy atom. The summed E-state index contributed by atoms with van der Waals surface area (Å²) in [4.78, 5) is 5.11. The zero-order valence-corrected chi connectivity index (χ0v) is 22.1. The van der Waals surface area contributed by atoms with Gasteiger partial charge in [0.25, 0.3) is 0 Å². The molecule has 0 radical (unpaired) electrons. The van der Waals surface area contributed by atoms with Crippen LogP contribution >= 0.6 is 0 Å². The van der Waals surface area contributed by atoms with Crippen LogP contribution in [0, 0.1) is 13.8 Å². The molecule has 0 amide bonds. The van der Waals surface area contributed by atoms with Crippen LogP contribution in [0.3, 0.4) is 0 Å². The van der Waals surface area contributed by atoms with E-state index in [1.54, 1.807) is 11.1 Å². The number of hydrogen-bond donors (Lipinski definition) is 0. The highest BCUT2D eigenvalue weighted by Crippen LogP contribution is 2.58. The Morgan fingerprint density at radius 3 is 1.88 bits per heavy atom. The van der Waals surface area contributed by atoms with Crippen molar-refractivity contribution in [1.29, 1.82) is 0 Å². The van der Waals surface area contributed by atoms with E-state index in [1.165, 1.54) is 57.8 Å². The normalized spacial score (nSPS) is 20.6. The van der Waals surface area contributed by atoms with E-state index in [0.717, 1.165) is 6.67 Å². The molecule has 2 nitrogen and oxygen atoms in total. The molecule has 0 N–H and O–H groups in total. The van der Waals surface area contributed by atoms with E-state index in [1.807, 2.05) is 0 Å². The van der Waals surface area contributed by atoms with Gasteiger partial charge in [0.2, 0.25) is 0 Å². The SMILES string of the molecule is Cc1cc(C)cc(N2CN3c4cc5c(cc4C(C)(C)c4cccc2c43)C(C)(C)CCC5(C)C)c1. The Morgan fingerprint density at radius 2 is 1.24 bits per heavy atom. The molecule has 3 aromatic rings. The molecule has 1 aliphatic carbocycles. The molecule has 0 saturated heterocycles. The van der Waals surface area contributed by atoms with E-state index < -0.39 is 0 Å². The Bertz CT molecular complexity index is 1320. The lowest BCUT2D eigenvalue weighted by molar-refractivity contribution is 0.331. The average molecular weight is 451 g/mol. The third-order valence-corrected chi connectivity index (χ3v) is 8.98. The van der Waals surface area contributed by atoms with Crippen LogP contribution in [0.1, 0.15) is 87.8 Å². The summed E-state index contributed by atoms with van der Waals surface area (Å²) in [5, 5.41) is 0. The second-order valence-electron chi connectivity index (χ2n) is 12.8. The van der Waals surface area contributed by atoms with Crippen LogP contribution in [0.25, 0.3) is 0 Å². The molecule has 176 valence electrons. The lowest BCUT2D eigenvalue weighted by Crippen LogP contribution is -2.38. The fourth-order valence-electron chi connectivity index (χ4n) is 6.82. The van der Waals surface area contributed by atoms with Crippen LogP contribution in [0.5, 0.6) is 0 Å². The van der Waals surface area contributed by atoms with Gasteiger partial charge in [0.1, 0.15) is 6.67 Å². The molecule has 0 aromatic heterocycles. The molecular weight excluding hydrogens is 412 g/mol. The summed E-state index contributed by atoms with van der Waals surface area (Å²) in [6, 6.07) is 19.0. The molecule has 6 rings (SSSR count). The highest BCUT2D eigenvalue weighted by atomic mass is 15.4. The molecule has 2 heterocycles. The van der Waals surface area contributed by atoms with Crippen LogP contribution in [-0.2, 0) is 16.2 Å². The Hall–Kier alpha value is -2.74. The molecular formula is C32H38N2. The Kier molecular flexibility index (Phi) is 4.28. The molecule has 0 unspecified atom stereocenters. The van der Waals surface area contributed by atoms with Gasteiger partial charge < -0.3 is 9.80 Å². The lowest BCUT2D eigenvalue weighted by atomic mass is 9.61. The second kappa shape index (κ2) is 6.68. The number of benzene rings is 3. The van der Waals surface area contributed by atoms with E-state index in [2.05, 4.69) is 114 Å². The maximum atomic E-state index is 2.60. The molecule has 3 aliphatic rings. The summed E-state index contributed by atoms with van der Waals surface area (Å²) in [6.45, 7) is 19.9. The monoisotopic (exact) mass is 450 g/mol. The number of anilines is 4. The van der Waals surface area contributed by atoms with Crippen molar-refractivity contribution in [3.8, 4) is 0 Å². The highest BCUT2D eigenvalue weighted by Gasteiger charge is 2.45. The van der Waals surface area contributed by atoms with E-state index >= 15 is 0 Å². The first-order valence-electron chi connectivity index (χ1n) is 12.9. The molecule has 0 spiro atoms. The number of aryl methyl sites for hydroxylation is 2. The number of nitrogens with zero attached hydrogens (tertiary/aromatic N) is 2. The molecule has 2 aliphatic heterocycles. The highest BCUT2D eigenvalue weighted by molar-refractivity contribution is 5.94. The quantitative estimate of drug-likeness (QED) is 0.366. The second-order valence-corrected chi connectivity index (χ2v) is 12.8. The smallest absolute Gasteiger partial charge is 0.100 e. The van der Waals surface area contributed by atoms with Crippen molar-refractivity contribution >= 4 is 22.7 Å². The predicted octanol–water partition coefficient (Wildman–Crippen LogP) is 8.54. The fourth-order valence-corrected chi connectivity index (χ4v) is 6.82. The van der Waals surface area contributed by atoms with Gasteiger partial charge >= 0.3 is 0 Å². The van der Waals surface area contributed by atoms with Crippen molar-refractivity contribution in [2.75, 3.05) is 16.5 Å². The molecule has 2 heteroatoms. The molecule has 0 atom stereocenters. The number of para-hydroxylation sites is 1. The number of fused-ring (bicyclic) bond motifs is 3. The summed E-state index contributed by atoms with van der Waals surface area (Å²) < 4.78 is 0. The molecule has 3 aromatic carbocycles. The van der Waals surface area contributed by atoms with Crippen LogP contribution < -0.4 is 9.80 Å². The molecule has 0 bridgehead atoms. The summed E-state index contributed by atoms with van der Waals surface area (Å²) in [6.07, 6.45) is 2.49. The summed E-state index contributed by atoms with van der Waals surface area (Å²) in [5.41, 5.74) is 14.5. The van der Waals surface area contributed by atoms with Crippen LogP contribution in [0.15, 0.2) is 48.5 Å². The predicted molar refractivity (Wildman–Crippen MR) is 145 cm³/mol. The van der Waals surface area contributed by atoms with Crippen LogP contribution in [0.4, 0.5) is 22.7 Å². The van der Waals surface area contributed by atoms with Gasteiger partial charge in [0.15, 0.2) is 0 Å². The minimum absolute atomic E-state index is 0.0393. The van der Waals surface area contributed by atoms with Gasteiger partial charge in [-0.1, -0.05) is 65.8 Å². The first kappa shape index (κ1) is 21.8. The minimum Gasteiger partial charge on any atom is -0.321 e. The lowest BCUT2D eigenvalue weighted by Gasteiger charge is -2.46. The maximum absolute atomic E-state index is 2.60. The standard InChI is InChI=1S/C32H38N2/c1-20-14-21(2)16-22(15-20)33-19-34-28-18-25-24(30(3,4)12-13-31(25,5)6)17-26(28)32(7,8)23-10-9-11-27(33)29(23)34/h9-11,14-18H,12-13,19H2,1-8H3. The van der Waals surface area contributed by atoms with E-state index in [4.69, 9.17) is 0 Å². The topological polar surface area (TPSA) is 6.48 Å². The average Bonchev–Trinajstić information content (AvgIpc) is 3.15. The Labute approximate surface area is 205 Å². The zero-order valence-electron chi connectivity index (χ0n) is 22.1. The van der Waals surface area contributed by atoms with Crippen molar-refractivity contribution < 1.29 is 0 Å². The van der Waals surface area contributed by atoms with Gasteiger partial charge in [-0.25, -0.2) is 0 Å². The van der Waals surface area contributed by atoms with Crippen molar-refractivity contribution in [2.24, 2.45) is 0 Å². The fraction of sp³-hybridized carbons (Fsp3) is 0.438. The van der Waals surface area contributed by atoms with Gasteiger partial charge in [-0.3, -0.25) is 0 Å². The molecule has 0 saturated carbocycles. The minimum atomic E-state index is -0.0393. The van der Waals surface area contributed by atoms with Gasteiger partial charge in [0.05, 0.1) is 11.4 Å². The van der Waals surface area contributed by atoms with E-state index in [-0.39, 0.29) is 16.2 Å². The third kappa shape index (κ3) is 2.87. The maximum Gasteiger partial charge on any atom is 0.100 e. The molecule has 34 heavy (non-hydrogen) atoms. The molecule has 0 fully saturated rings. The third-order valence-electron chi connectivity index (χ3n) is 8.98. The number of rotatable bonds is 1.